The Kier molecular flexibility index (Phi) is 4.50. The van der Waals surface area contributed by atoms with Crippen molar-refractivity contribution in [3.05, 3.63) is 64.9 Å². The van der Waals surface area contributed by atoms with Crippen LogP contribution >= 0.6 is 0 Å². The number of carbonyl (C=O) groups excluding carboxylic acids is 1. The number of oxazole rings is 1. The molecular weight excluding hydrogens is 344 g/mol. The predicted molar refractivity (Wildman–Crippen MR) is 102 cm³/mol. The molecule has 2 aromatic heterocycles. The van der Waals surface area contributed by atoms with Gasteiger partial charge in [-0.2, -0.15) is 0 Å². The van der Waals surface area contributed by atoms with Gasteiger partial charge in [0.1, 0.15) is 5.82 Å². The quantitative estimate of drug-likeness (QED) is 0.550. The highest BCUT2D eigenvalue weighted by molar-refractivity contribution is 5.77. The Morgan fingerprint density at radius 1 is 1.22 bits per heavy atom. The molecule has 0 aliphatic rings. The van der Waals surface area contributed by atoms with E-state index >= 15 is 0 Å². The number of carbonyl (C=O) groups is 1. The molecule has 1 atom stereocenters. The fraction of sp³-hybridized carbons (Fsp3) is 0.250. The van der Waals surface area contributed by atoms with Crippen LogP contribution in [0.25, 0.3) is 22.1 Å². The highest BCUT2D eigenvalue weighted by Crippen LogP contribution is 2.16. The molecule has 138 valence electrons. The molecule has 0 spiro atoms. The maximum absolute atomic E-state index is 12.3. The summed E-state index contributed by atoms with van der Waals surface area (Å²) in [4.78, 5) is 31.9. The monoisotopic (exact) mass is 364 g/mol. The van der Waals surface area contributed by atoms with Crippen molar-refractivity contribution in [2.24, 2.45) is 0 Å². The first-order chi connectivity index (χ1) is 13.1. The summed E-state index contributed by atoms with van der Waals surface area (Å²) in [7, 11) is 0. The number of benzene rings is 2. The van der Waals surface area contributed by atoms with Gasteiger partial charge in [0, 0.05) is 13.0 Å². The molecule has 0 unspecified atom stereocenters. The number of aromatic amines is 1. The van der Waals surface area contributed by atoms with Crippen LogP contribution in [-0.4, -0.2) is 20.4 Å². The summed E-state index contributed by atoms with van der Waals surface area (Å²) in [5.74, 6) is 0.248. The van der Waals surface area contributed by atoms with E-state index in [0.29, 0.717) is 25.0 Å². The van der Waals surface area contributed by atoms with Crippen molar-refractivity contribution >= 4 is 28.0 Å². The van der Waals surface area contributed by atoms with E-state index in [0.717, 1.165) is 22.4 Å². The number of imidazole rings is 1. The Labute approximate surface area is 155 Å². The van der Waals surface area contributed by atoms with Crippen molar-refractivity contribution in [3.8, 4) is 0 Å². The third kappa shape index (κ3) is 3.48. The van der Waals surface area contributed by atoms with Gasteiger partial charge in [-0.3, -0.25) is 9.36 Å². The van der Waals surface area contributed by atoms with E-state index < -0.39 is 5.76 Å². The molecule has 4 rings (SSSR count). The average Bonchev–Trinajstić information content (AvgIpc) is 3.23. The summed E-state index contributed by atoms with van der Waals surface area (Å²) in [5, 5.41) is 2.95. The lowest BCUT2D eigenvalue weighted by Crippen LogP contribution is -2.27. The van der Waals surface area contributed by atoms with E-state index in [1.54, 1.807) is 10.6 Å². The first kappa shape index (κ1) is 17.1. The summed E-state index contributed by atoms with van der Waals surface area (Å²) in [6.45, 7) is 2.33. The SMILES string of the molecule is C[C@@H](NC(=O)CCCn1c(=O)oc2ccccc21)c1nc2ccccc2[nH]1. The van der Waals surface area contributed by atoms with Crippen LogP contribution in [0.1, 0.15) is 31.6 Å². The molecule has 4 aromatic rings. The molecule has 0 saturated heterocycles. The first-order valence-electron chi connectivity index (χ1n) is 8.94. The highest BCUT2D eigenvalue weighted by atomic mass is 16.4. The van der Waals surface area contributed by atoms with Gasteiger partial charge in [-0.1, -0.05) is 24.3 Å². The van der Waals surface area contributed by atoms with Crippen LogP contribution < -0.4 is 11.1 Å². The fourth-order valence-electron chi connectivity index (χ4n) is 3.18. The number of para-hydroxylation sites is 4. The Morgan fingerprint density at radius 3 is 2.85 bits per heavy atom. The van der Waals surface area contributed by atoms with Crippen molar-refractivity contribution in [3.63, 3.8) is 0 Å². The molecule has 0 aliphatic carbocycles. The summed E-state index contributed by atoms with van der Waals surface area (Å²) in [6.07, 6.45) is 0.860. The number of amides is 1. The number of nitrogens with one attached hydrogen (secondary N) is 2. The number of nitrogens with zero attached hydrogens (tertiary/aromatic N) is 2. The van der Waals surface area contributed by atoms with Crippen LogP contribution in [0.4, 0.5) is 0 Å². The standard InChI is InChI=1S/C20H20N4O3/c1-13(19-22-14-7-2-3-8-15(14)23-19)21-18(25)11-6-12-24-16-9-4-5-10-17(16)27-20(24)26/h2-5,7-10,13H,6,11-12H2,1H3,(H,21,25)(H,22,23)/t13-/m1/s1. The molecule has 2 aromatic carbocycles. The van der Waals surface area contributed by atoms with Crippen molar-refractivity contribution in [1.29, 1.82) is 0 Å². The molecule has 0 saturated carbocycles. The van der Waals surface area contributed by atoms with E-state index in [1.165, 1.54) is 0 Å². The minimum atomic E-state index is -0.396. The maximum atomic E-state index is 12.3. The van der Waals surface area contributed by atoms with Crippen LogP contribution in [0, 0.1) is 0 Å². The van der Waals surface area contributed by atoms with Crippen molar-refractivity contribution in [2.45, 2.75) is 32.4 Å². The third-order valence-electron chi connectivity index (χ3n) is 4.55. The molecule has 0 aliphatic heterocycles. The predicted octanol–water partition coefficient (Wildman–Crippen LogP) is 3.13. The van der Waals surface area contributed by atoms with Crippen molar-refractivity contribution in [2.75, 3.05) is 0 Å². The van der Waals surface area contributed by atoms with Gasteiger partial charge in [-0.05, 0) is 37.6 Å². The minimum absolute atomic E-state index is 0.0798. The van der Waals surface area contributed by atoms with Crippen LogP contribution in [-0.2, 0) is 11.3 Å². The highest BCUT2D eigenvalue weighted by Gasteiger charge is 2.14. The summed E-state index contributed by atoms with van der Waals surface area (Å²) in [6, 6.07) is 14.8. The van der Waals surface area contributed by atoms with Crippen LogP contribution in [0.15, 0.2) is 57.7 Å². The second kappa shape index (κ2) is 7.11. The number of hydrogen-bond donors (Lipinski definition) is 2. The molecule has 27 heavy (non-hydrogen) atoms. The van der Waals surface area contributed by atoms with Crippen molar-refractivity contribution < 1.29 is 9.21 Å². The largest absolute Gasteiger partial charge is 0.419 e. The molecule has 0 radical (unpaired) electrons. The zero-order valence-electron chi connectivity index (χ0n) is 14.9. The van der Waals surface area contributed by atoms with E-state index in [2.05, 4.69) is 15.3 Å². The van der Waals surface area contributed by atoms with Gasteiger partial charge in [0.15, 0.2) is 5.58 Å². The Morgan fingerprint density at radius 2 is 2.00 bits per heavy atom. The smallest absolute Gasteiger partial charge is 0.408 e. The van der Waals surface area contributed by atoms with Gasteiger partial charge in [-0.25, -0.2) is 9.78 Å². The lowest BCUT2D eigenvalue weighted by Gasteiger charge is -2.11. The summed E-state index contributed by atoms with van der Waals surface area (Å²) in [5.41, 5.74) is 3.13. The molecule has 7 heteroatoms. The topological polar surface area (TPSA) is 92.9 Å². The van der Waals surface area contributed by atoms with E-state index in [9.17, 15) is 9.59 Å². The van der Waals surface area contributed by atoms with Crippen LogP contribution in [0.3, 0.4) is 0 Å². The molecular formula is C20H20N4O3. The number of aryl methyl sites for hydroxylation is 1. The maximum Gasteiger partial charge on any atom is 0.419 e. The molecule has 2 N–H and O–H groups in total. The molecule has 7 nitrogen and oxygen atoms in total. The zero-order valence-corrected chi connectivity index (χ0v) is 14.9. The lowest BCUT2D eigenvalue weighted by molar-refractivity contribution is -0.121. The first-order valence-corrected chi connectivity index (χ1v) is 8.94. The Balaban J connectivity index is 1.35. The van der Waals surface area contributed by atoms with E-state index in [4.69, 9.17) is 4.42 Å². The van der Waals surface area contributed by atoms with E-state index in [1.807, 2.05) is 49.4 Å². The van der Waals surface area contributed by atoms with Gasteiger partial charge in [0.2, 0.25) is 5.91 Å². The van der Waals surface area contributed by atoms with Crippen LogP contribution in [0.5, 0.6) is 0 Å². The van der Waals surface area contributed by atoms with Gasteiger partial charge >= 0.3 is 5.76 Å². The Bertz CT molecular complexity index is 1120. The average molecular weight is 364 g/mol. The number of fused-ring (bicyclic) bond motifs is 2. The van der Waals surface area contributed by atoms with Gasteiger partial charge in [-0.15, -0.1) is 0 Å². The van der Waals surface area contributed by atoms with Gasteiger partial charge in [0.25, 0.3) is 0 Å². The third-order valence-corrected chi connectivity index (χ3v) is 4.55. The zero-order chi connectivity index (χ0) is 18.8. The summed E-state index contributed by atoms with van der Waals surface area (Å²) >= 11 is 0. The van der Waals surface area contributed by atoms with Crippen LogP contribution in [0.2, 0.25) is 0 Å². The van der Waals surface area contributed by atoms with Crippen molar-refractivity contribution in [1.82, 2.24) is 19.9 Å². The molecule has 0 bridgehead atoms. The van der Waals surface area contributed by atoms with Gasteiger partial charge in [0.05, 0.1) is 22.6 Å². The lowest BCUT2D eigenvalue weighted by atomic mass is 10.2. The number of rotatable bonds is 6. The normalized spacial score (nSPS) is 12.5. The second-order valence-corrected chi connectivity index (χ2v) is 6.52. The second-order valence-electron chi connectivity index (χ2n) is 6.52. The Hall–Kier alpha value is -3.35. The molecule has 1 amide bonds. The van der Waals surface area contributed by atoms with E-state index in [-0.39, 0.29) is 11.9 Å². The number of hydrogen-bond acceptors (Lipinski definition) is 4. The summed E-state index contributed by atoms with van der Waals surface area (Å²) < 4.78 is 6.76. The minimum Gasteiger partial charge on any atom is -0.408 e. The molecule has 0 fully saturated rings. The molecule has 2 heterocycles. The number of H-pyrrole nitrogens is 1. The number of aromatic nitrogens is 3. The van der Waals surface area contributed by atoms with Gasteiger partial charge < -0.3 is 14.7 Å². The fourth-order valence-corrected chi connectivity index (χ4v) is 3.18.